The molecule has 0 unspecified atom stereocenters. The third-order valence-corrected chi connectivity index (χ3v) is 4.66. The maximum Gasteiger partial charge on any atom is 0.321 e. The lowest BCUT2D eigenvalue weighted by Crippen LogP contribution is -2.53. The van der Waals surface area contributed by atoms with Crippen LogP contribution in [0.25, 0.3) is 0 Å². The van der Waals surface area contributed by atoms with Gasteiger partial charge in [-0.3, -0.25) is 10.00 Å². The molecular weight excluding hydrogens is 340 g/mol. The number of nitrogens with one attached hydrogen (secondary N) is 2. The molecule has 26 heavy (non-hydrogen) atoms. The van der Waals surface area contributed by atoms with Crippen molar-refractivity contribution in [2.24, 2.45) is 0 Å². The van der Waals surface area contributed by atoms with E-state index >= 15 is 0 Å². The number of halogens is 2. The molecule has 6 nitrogen and oxygen atoms in total. The third kappa shape index (κ3) is 3.85. The Kier molecular flexibility index (Phi) is 5.22. The van der Waals surface area contributed by atoms with Gasteiger partial charge >= 0.3 is 6.03 Å². The van der Waals surface area contributed by atoms with Crippen LogP contribution >= 0.6 is 0 Å². The fraction of sp³-hybridized carbons (Fsp3) is 0.444. The number of amides is 2. The summed E-state index contributed by atoms with van der Waals surface area (Å²) in [5, 5.41) is 9.66. The van der Waals surface area contributed by atoms with E-state index in [0.29, 0.717) is 25.2 Å². The molecule has 1 fully saturated rings. The molecule has 1 aliphatic rings. The number of likely N-dealkylation sites (N-methyl/N-ethyl adjacent to an activating group) is 1. The fourth-order valence-electron chi connectivity index (χ4n) is 3.14. The zero-order valence-corrected chi connectivity index (χ0v) is 14.9. The number of carbonyl (C=O) groups is 1. The Labute approximate surface area is 151 Å². The smallest absolute Gasteiger partial charge is 0.321 e. The molecule has 0 radical (unpaired) electrons. The number of hydrogen-bond donors (Lipinski definition) is 2. The molecule has 2 N–H and O–H groups in total. The lowest BCUT2D eigenvalue weighted by molar-refractivity contribution is 0.175. The first-order valence-corrected chi connectivity index (χ1v) is 8.61. The van der Waals surface area contributed by atoms with Crippen molar-refractivity contribution in [2.75, 3.05) is 26.0 Å². The molecule has 1 aliphatic carbocycles. The van der Waals surface area contributed by atoms with Gasteiger partial charge in [0.05, 0.1) is 12.1 Å². The van der Waals surface area contributed by atoms with E-state index in [9.17, 15) is 13.6 Å². The highest BCUT2D eigenvalue weighted by atomic mass is 19.1. The number of benzene rings is 1. The lowest BCUT2D eigenvalue weighted by Gasteiger charge is -2.43. The Balaban J connectivity index is 1.67. The van der Waals surface area contributed by atoms with Gasteiger partial charge in [0.25, 0.3) is 0 Å². The van der Waals surface area contributed by atoms with Gasteiger partial charge in [-0.25, -0.2) is 13.6 Å². The monoisotopic (exact) mass is 363 g/mol. The van der Waals surface area contributed by atoms with Crippen LogP contribution in [-0.4, -0.2) is 41.4 Å². The van der Waals surface area contributed by atoms with Crippen LogP contribution in [0.2, 0.25) is 0 Å². The molecular formula is C18H23F2N5O. The molecule has 0 bridgehead atoms. The highest BCUT2D eigenvalue weighted by molar-refractivity contribution is 5.89. The van der Waals surface area contributed by atoms with Gasteiger partial charge in [-0.1, -0.05) is 6.07 Å². The van der Waals surface area contributed by atoms with E-state index in [1.54, 1.807) is 16.9 Å². The summed E-state index contributed by atoms with van der Waals surface area (Å²) < 4.78 is 30.1. The Morgan fingerprint density at radius 3 is 2.54 bits per heavy atom. The minimum Gasteiger partial charge on any atom is -0.328 e. The molecule has 0 spiro atoms. The molecule has 0 aliphatic heterocycles. The molecule has 0 atom stereocenters. The Hall–Kier alpha value is -2.48. The largest absolute Gasteiger partial charge is 0.328 e. The average Bonchev–Trinajstić information content (AvgIpc) is 2.97. The summed E-state index contributed by atoms with van der Waals surface area (Å²) >= 11 is 0. The standard InChI is InChI=1S/C18H23F2N5O/c1-24(2)11-12-25-10-7-15(23-25)21-17(26)22-18(8-4-9-18)16-13(19)5-3-6-14(16)20/h3,5-7,10H,4,8-9,11-12H2,1-2H3,(H2,21,22,23,26). The summed E-state index contributed by atoms with van der Waals surface area (Å²) in [5.74, 6) is -0.888. The second kappa shape index (κ2) is 7.41. The van der Waals surface area contributed by atoms with Crippen molar-refractivity contribution in [2.45, 2.75) is 31.3 Å². The van der Waals surface area contributed by atoms with Crippen LogP contribution in [0, 0.1) is 11.6 Å². The summed E-state index contributed by atoms with van der Waals surface area (Å²) in [6.45, 7) is 1.52. The van der Waals surface area contributed by atoms with Crippen LogP contribution < -0.4 is 10.6 Å². The second-order valence-corrected chi connectivity index (χ2v) is 6.88. The molecule has 2 amide bonds. The first-order valence-electron chi connectivity index (χ1n) is 8.61. The van der Waals surface area contributed by atoms with E-state index in [1.807, 2.05) is 19.0 Å². The molecule has 3 rings (SSSR count). The van der Waals surface area contributed by atoms with E-state index in [1.165, 1.54) is 18.2 Å². The summed E-state index contributed by atoms with van der Waals surface area (Å²) in [6.07, 6.45) is 3.56. The van der Waals surface area contributed by atoms with Crippen molar-refractivity contribution in [1.29, 1.82) is 0 Å². The number of aromatic nitrogens is 2. The molecule has 1 aromatic carbocycles. The van der Waals surface area contributed by atoms with Crippen LogP contribution in [0.4, 0.5) is 19.4 Å². The van der Waals surface area contributed by atoms with Gasteiger partial charge in [-0.15, -0.1) is 0 Å². The zero-order valence-electron chi connectivity index (χ0n) is 14.9. The van der Waals surface area contributed by atoms with E-state index in [2.05, 4.69) is 15.7 Å². The fourth-order valence-corrected chi connectivity index (χ4v) is 3.14. The normalized spacial score (nSPS) is 15.6. The van der Waals surface area contributed by atoms with Crippen LogP contribution in [0.15, 0.2) is 30.5 Å². The summed E-state index contributed by atoms with van der Waals surface area (Å²) in [7, 11) is 3.94. The van der Waals surface area contributed by atoms with Crippen LogP contribution in [0.3, 0.4) is 0 Å². The van der Waals surface area contributed by atoms with Crippen molar-refractivity contribution < 1.29 is 13.6 Å². The highest BCUT2D eigenvalue weighted by Gasteiger charge is 2.44. The summed E-state index contributed by atoms with van der Waals surface area (Å²) in [4.78, 5) is 14.4. The predicted octanol–water partition coefficient (Wildman–Crippen LogP) is 2.92. The van der Waals surface area contributed by atoms with Gasteiger partial charge in [-0.05, 0) is 45.5 Å². The van der Waals surface area contributed by atoms with Crippen molar-refractivity contribution in [3.8, 4) is 0 Å². The van der Waals surface area contributed by atoms with Gasteiger partial charge in [0.15, 0.2) is 5.82 Å². The van der Waals surface area contributed by atoms with Gasteiger partial charge in [0.2, 0.25) is 0 Å². The number of anilines is 1. The van der Waals surface area contributed by atoms with Gasteiger partial charge in [-0.2, -0.15) is 5.10 Å². The zero-order chi connectivity index (χ0) is 18.7. The minimum absolute atomic E-state index is 0.0714. The maximum atomic E-state index is 14.2. The Morgan fingerprint density at radius 2 is 1.96 bits per heavy atom. The van der Waals surface area contributed by atoms with Crippen molar-refractivity contribution in [3.63, 3.8) is 0 Å². The van der Waals surface area contributed by atoms with Crippen molar-refractivity contribution in [3.05, 3.63) is 47.7 Å². The number of rotatable bonds is 6. The van der Waals surface area contributed by atoms with E-state index in [-0.39, 0.29) is 5.56 Å². The Morgan fingerprint density at radius 1 is 1.27 bits per heavy atom. The first kappa shape index (κ1) is 18.3. The van der Waals surface area contributed by atoms with Crippen LogP contribution in [0.5, 0.6) is 0 Å². The molecule has 0 saturated heterocycles. The minimum atomic E-state index is -1.01. The van der Waals surface area contributed by atoms with Crippen molar-refractivity contribution in [1.82, 2.24) is 20.0 Å². The molecule has 1 heterocycles. The van der Waals surface area contributed by atoms with E-state index < -0.39 is 23.2 Å². The number of urea groups is 1. The van der Waals surface area contributed by atoms with Gasteiger partial charge in [0.1, 0.15) is 11.6 Å². The summed E-state index contributed by atoms with van der Waals surface area (Å²) in [5.41, 5.74) is -1.08. The lowest BCUT2D eigenvalue weighted by atomic mass is 9.71. The molecule has 1 saturated carbocycles. The predicted molar refractivity (Wildman–Crippen MR) is 94.8 cm³/mol. The average molecular weight is 363 g/mol. The van der Waals surface area contributed by atoms with E-state index in [4.69, 9.17) is 0 Å². The second-order valence-electron chi connectivity index (χ2n) is 6.88. The number of hydrogen-bond acceptors (Lipinski definition) is 3. The molecule has 2 aromatic rings. The van der Waals surface area contributed by atoms with Crippen LogP contribution in [0.1, 0.15) is 24.8 Å². The van der Waals surface area contributed by atoms with E-state index in [0.717, 1.165) is 13.0 Å². The topological polar surface area (TPSA) is 62.2 Å². The quantitative estimate of drug-likeness (QED) is 0.830. The Bertz CT molecular complexity index is 765. The SMILES string of the molecule is CN(C)CCn1ccc(NC(=O)NC2(c3c(F)cccc3F)CCC2)n1. The first-order chi connectivity index (χ1) is 12.4. The van der Waals surface area contributed by atoms with Gasteiger partial charge < -0.3 is 10.2 Å². The molecule has 140 valence electrons. The van der Waals surface area contributed by atoms with Crippen molar-refractivity contribution >= 4 is 11.8 Å². The molecule has 1 aromatic heterocycles. The number of carbonyl (C=O) groups excluding carboxylic acids is 1. The third-order valence-electron chi connectivity index (χ3n) is 4.66. The summed E-state index contributed by atoms with van der Waals surface area (Å²) in [6, 6.07) is 4.91. The maximum absolute atomic E-state index is 14.2. The number of nitrogens with zero attached hydrogens (tertiary/aromatic N) is 3. The van der Waals surface area contributed by atoms with Gasteiger partial charge in [0, 0.05) is 24.4 Å². The highest BCUT2D eigenvalue weighted by Crippen LogP contribution is 2.43. The van der Waals surface area contributed by atoms with Crippen LogP contribution in [-0.2, 0) is 12.1 Å². The molecule has 8 heteroatoms.